The largest absolute Gasteiger partial charge is 0.411 e. The van der Waals surface area contributed by atoms with Crippen molar-refractivity contribution in [3.63, 3.8) is 0 Å². The van der Waals surface area contributed by atoms with Gasteiger partial charge in [-0.25, -0.2) is 4.68 Å². The first kappa shape index (κ1) is 14.3. The van der Waals surface area contributed by atoms with Crippen LogP contribution in [0.2, 0.25) is 0 Å². The van der Waals surface area contributed by atoms with Crippen LogP contribution in [-0.4, -0.2) is 46.5 Å². The lowest BCUT2D eigenvalue weighted by Crippen LogP contribution is -2.56. The summed E-state index contributed by atoms with van der Waals surface area (Å²) in [6.07, 6.45) is -3.37. The second-order valence-electron chi connectivity index (χ2n) is 4.56. The minimum Gasteiger partial charge on any atom is -0.390 e. The molecule has 1 aromatic rings. The summed E-state index contributed by atoms with van der Waals surface area (Å²) in [5, 5.41) is 13.8. The maximum absolute atomic E-state index is 12.3. The Hall–Kier alpha value is -1.12. The van der Waals surface area contributed by atoms with E-state index in [0.717, 1.165) is 0 Å². The molecule has 0 aromatic carbocycles. The first-order chi connectivity index (χ1) is 8.83. The number of alkyl halides is 3. The van der Waals surface area contributed by atoms with Crippen LogP contribution in [0.1, 0.15) is 13.3 Å². The number of halogens is 3. The van der Waals surface area contributed by atoms with Gasteiger partial charge < -0.3 is 14.6 Å². The molecule has 2 rings (SSSR count). The number of ether oxygens (including phenoxy) is 2. The van der Waals surface area contributed by atoms with Crippen LogP contribution < -0.4 is 0 Å². The summed E-state index contributed by atoms with van der Waals surface area (Å²) in [6.45, 7) is 0.335. The van der Waals surface area contributed by atoms with Crippen LogP contribution in [0.15, 0.2) is 18.5 Å². The maximum Gasteiger partial charge on any atom is 0.411 e. The van der Waals surface area contributed by atoms with E-state index in [0.29, 0.717) is 0 Å². The number of nitrogens with zero attached hydrogens (tertiary/aromatic N) is 2. The Balaban J connectivity index is 2.19. The van der Waals surface area contributed by atoms with Crippen molar-refractivity contribution < 1.29 is 27.8 Å². The van der Waals surface area contributed by atoms with Crippen LogP contribution in [0.5, 0.6) is 0 Å². The molecule has 3 unspecified atom stereocenters. The molecule has 108 valence electrons. The van der Waals surface area contributed by atoms with Crippen LogP contribution in [0.4, 0.5) is 13.2 Å². The number of aromatic nitrogens is 2. The van der Waals surface area contributed by atoms with Gasteiger partial charge in [0.1, 0.15) is 12.7 Å². The molecule has 1 fully saturated rings. The zero-order valence-electron chi connectivity index (χ0n) is 10.3. The summed E-state index contributed by atoms with van der Waals surface area (Å²) in [4.78, 5) is 0. The molecule has 0 spiro atoms. The molecular formula is C11H15F3N2O3. The van der Waals surface area contributed by atoms with E-state index in [9.17, 15) is 18.3 Å². The Morgan fingerprint density at radius 3 is 2.89 bits per heavy atom. The molecule has 0 bridgehead atoms. The van der Waals surface area contributed by atoms with Gasteiger partial charge in [0.05, 0.1) is 12.7 Å². The average Bonchev–Trinajstić information content (AvgIpc) is 2.80. The Kier molecular flexibility index (Phi) is 3.84. The molecule has 3 atom stereocenters. The Morgan fingerprint density at radius 1 is 1.58 bits per heavy atom. The fourth-order valence-electron chi connectivity index (χ4n) is 2.15. The van der Waals surface area contributed by atoms with Gasteiger partial charge in [-0.1, -0.05) is 0 Å². The molecule has 0 amide bonds. The van der Waals surface area contributed by atoms with Crippen molar-refractivity contribution in [3.05, 3.63) is 18.5 Å². The minimum absolute atomic E-state index is 0.222. The predicted molar refractivity (Wildman–Crippen MR) is 58.2 cm³/mol. The van der Waals surface area contributed by atoms with E-state index >= 15 is 0 Å². The second-order valence-corrected chi connectivity index (χ2v) is 4.56. The van der Waals surface area contributed by atoms with Crippen LogP contribution >= 0.6 is 0 Å². The molecule has 1 saturated heterocycles. The molecule has 19 heavy (non-hydrogen) atoms. The maximum atomic E-state index is 12.3. The molecular weight excluding hydrogens is 265 g/mol. The second kappa shape index (κ2) is 5.10. The zero-order valence-corrected chi connectivity index (χ0v) is 10.3. The fraction of sp³-hybridized carbons (Fsp3) is 0.727. The number of rotatable bonds is 3. The monoisotopic (exact) mass is 280 g/mol. The highest BCUT2D eigenvalue weighted by molar-refractivity contribution is 4.93. The molecule has 1 aliphatic heterocycles. The summed E-state index contributed by atoms with van der Waals surface area (Å²) < 4.78 is 48.5. The van der Waals surface area contributed by atoms with Gasteiger partial charge in [0.15, 0.2) is 5.72 Å². The van der Waals surface area contributed by atoms with Gasteiger partial charge in [-0.2, -0.15) is 18.3 Å². The summed E-state index contributed by atoms with van der Waals surface area (Å²) in [5.41, 5.74) is -1.26. The number of hydrogen-bond donors (Lipinski definition) is 1. The molecule has 2 heterocycles. The third kappa shape index (κ3) is 3.07. The Morgan fingerprint density at radius 2 is 2.32 bits per heavy atom. The number of aliphatic hydroxyl groups is 1. The third-order valence-corrected chi connectivity index (χ3v) is 3.07. The number of aliphatic hydroxyl groups excluding tert-OH is 1. The molecule has 0 radical (unpaired) electrons. The minimum atomic E-state index is -4.46. The van der Waals surface area contributed by atoms with Crippen LogP contribution in [-0.2, 0) is 15.2 Å². The van der Waals surface area contributed by atoms with Crippen molar-refractivity contribution in [1.29, 1.82) is 0 Å². The lowest BCUT2D eigenvalue weighted by Gasteiger charge is -2.43. The standard InChI is InChI=1S/C11H15F3N2O3/c1-10(16-5-2-4-15-16)9(8(17)3-6-19-10)18-7-11(12,13)14/h2,4-5,8-9,17H,3,6-7H2,1H3. The van der Waals surface area contributed by atoms with Crippen LogP contribution in [0.25, 0.3) is 0 Å². The Bertz CT molecular complexity index is 410. The van der Waals surface area contributed by atoms with Gasteiger partial charge >= 0.3 is 6.18 Å². The van der Waals surface area contributed by atoms with E-state index in [-0.39, 0.29) is 13.0 Å². The average molecular weight is 280 g/mol. The van der Waals surface area contributed by atoms with Gasteiger partial charge in [-0.15, -0.1) is 0 Å². The van der Waals surface area contributed by atoms with E-state index in [1.807, 2.05) is 0 Å². The summed E-state index contributed by atoms with van der Waals surface area (Å²) >= 11 is 0. The smallest absolute Gasteiger partial charge is 0.390 e. The third-order valence-electron chi connectivity index (χ3n) is 3.07. The lowest BCUT2D eigenvalue weighted by atomic mass is 9.97. The fourth-order valence-corrected chi connectivity index (χ4v) is 2.15. The van der Waals surface area contributed by atoms with Crippen LogP contribution in [0.3, 0.4) is 0 Å². The van der Waals surface area contributed by atoms with Crippen molar-refractivity contribution in [1.82, 2.24) is 9.78 Å². The van der Waals surface area contributed by atoms with E-state index in [1.54, 1.807) is 19.2 Å². The molecule has 1 aromatic heterocycles. The highest BCUT2D eigenvalue weighted by Crippen LogP contribution is 2.33. The van der Waals surface area contributed by atoms with Crippen molar-refractivity contribution in [2.75, 3.05) is 13.2 Å². The molecule has 1 N–H and O–H groups in total. The van der Waals surface area contributed by atoms with Gasteiger partial charge in [-0.3, -0.25) is 0 Å². The zero-order chi connectivity index (χ0) is 14.1. The highest BCUT2D eigenvalue weighted by Gasteiger charge is 2.47. The van der Waals surface area contributed by atoms with Crippen molar-refractivity contribution >= 4 is 0 Å². The highest BCUT2D eigenvalue weighted by atomic mass is 19.4. The van der Waals surface area contributed by atoms with Gasteiger partial charge in [0.25, 0.3) is 0 Å². The van der Waals surface area contributed by atoms with E-state index in [4.69, 9.17) is 9.47 Å². The molecule has 0 aliphatic carbocycles. The molecule has 0 saturated carbocycles. The first-order valence-electron chi connectivity index (χ1n) is 5.83. The van der Waals surface area contributed by atoms with Gasteiger partial charge in [0, 0.05) is 12.4 Å². The van der Waals surface area contributed by atoms with E-state index < -0.39 is 30.7 Å². The molecule has 1 aliphatic rings. The SMILES string of the molecule is CC1(n2cccn2)OCCC(O)C1OCC(F)(F)F. The summed E-state index contributed by atoms with van der Waals surface area (Å²) in [6, 6.07) is 1.62. The summed E-state index contributed by atoms with van der Waals surface area (Å²) in [5.74, 6) is 0. The lowest BCUT2D eigenvalue weighted by molar-refractivity contribution is -0.277. The predicted octanol–water partition coefficient (Wildman–Crippen LogP) is 1.28. The quantitative estimate of drug-likeness (QED) is 0.906. The van der Waals surface area contributed by atoms with Crippen molar-refractivity contribution in [3.8, 4) is 0 Å². The van der Waals surface area contributed by atoms with E-state index in [1.165, 1.54) is 10.9 Å². The normalized spacial score (nSPS) is 32.5. The van der Waals surface area contributed by atoms with Crippen molar-refractivity contribution in [2.45, 2.75) is 37.5 Å². The molecule has 5 nitrogen and oxygen atoms in total. The topological polar surface area (TPSA) is 56.5 Å². The number of hydrogen-bond acceptors (Lipinski definition) is 4. The van der Waals surface area contributed by atoms with Crippen LogP contribution in [0, 0.1) is 0 Å². The molecule has 8 heteroatoms. The van der Waals surface area contributed by atoms with Gasteiger partial charge in [0.2, 0.25) is 0 Å². The first-order valence-corrected chi connectivity index (χ1v) is 5.83. The Labute approximate surface area is 107 Å². The summed E-state index contributed by atoms with van der Waals surface area (Å²) in [7, 11) is 0. The van der Waals surface area contributed by atoms with Gasteiger partial charge in [-0.05, 0) is 19.4 Å². The van der Waals surface area contributed by atoms with E-state index in [2.05, 4.69) is 5.10 Å². The van der Waals surface area contributed by atoms with Crippen molar-refractivity contribution in [2.24, 2.45) is 0 Å².